The first-order valence-electron chi connectivity index (χ1n) is 4.91. The zero-order valence-electron chi connectivity index (χ0n) is 8.66. The van der Waals surface area contributed by atoms with Crippen LogP contribution in [0.4, 0.5) is 4.39 Å². The van der Waals surface area contributed by atoms with E-state index in [1.807, 2.05) is 17.5 Å². The molecule has 17 heavy (non-hydrogen) atoms. The first kappa shape index (κ1) is 13.2. The lowest BCUT2D eigenvalue weighted by molar-refractivity contribution is 0.179. The molecule has 0 saturated carbocycles. The van der Waals surface area contributed by atoms with Gasteiger partial charge in [0.15, 0.2) is 0 Å². The maximum absolute atomic E-state index is 13.2. The standard InChI is InChI=1S/C12H9Br2FOS/c13-9-1-7(2-10(15)5-9)3-11(16)8-4-12(14)17-6-8/h1-2,4-6,11,16H,3H2. The van der Waals surface area contributed by atoms with Crippen LogP contribution in [-0.4, -0.2) is 5.11 Å². The Balaban J connectivity index is 2.15. The normalized spacial score (nSPS) is 12.7. The van der Waals surface area contributed by atoms with Crippen LogP contribution in [0.2, 0.25) is 0 Å². The van der Waals surface area contributed by atoms with Gasteiger partial charge >= 0.3 is 0 Å². The van der Waals surface area contributed by atoms with Crippen molar-refractivity contribution in [2.75, 3.05) is 0 Å². The van der Waals surface area contributed by atoms with Crippen molar-refractivity contribution < 1.29 is 9.50 Å². The molecule has 1 aromatic carbocycles. The van der Waals surface area contributed by atoms with Gasteiger partial charge in [-0.3, -0.25) is 0 Å². The zero-order chi connectivity index (χ0) is 12.4. The Bertz CT molecular complexity index is 507. The van der Waals surface area contributed by atoms with Gasteiger partial charge in [-0.05, 0) is 56.7 Å². The highest BCUT2D eigenvalue weighted by Crippen LogP contribution is 2.28. The molecule has 1 unspecified atom stereocenters. The molecule has 0 spiro atoms. The van der Waals surface area contributed by atoms with E-state index in [9.17, 15) is 9.50 Å². The Kier molecular flexibility index (Phi) is 4.36. The molecule has 1 heterocycles. The summed E-state index contributed by atoms with van der Waals surface area (Å²) in [5.41, 5.74) is 1.62. The second-order valence-electron chi connectivity index (χ2n) is 3.68. The van der Waals surface area contributed by atoms with Gasteiger partial charge in [-0.2, -0.15) is 0 Å². The van der Waals surface area contributed by atoms with Gasteiger partial charge in [0.25, 0.3) is 0 Å². The summed E-state index contributed by atoms with van der Waals surface area (Å²) in [5, 5.41) is 11.9. The molecule has 0 aliphatic rings. The molecule has 0 aliphatic carbocycles. The molecule has 0 aliphatic heterocycles. The number of thiophene rings is 1. The number of hydrogen-bond donors (Lipinski definition) is 1. The number of aliphatic hydroxyl groups is 1. The monoisotopic (exact) mass is 378 g/mol. The van der Waals surface area contributed by atoms with Crippen molar-refractivity contribution >= 4 is 43.2 Å². The molecule has 2 rings (SSSR count). The van der Waals surface area contributed by atoms with Gasteiger partial charge in [0.2, 0.25) is 0 Å². The smallest absolute Gasteiger partial charge is 0.124 e. The molecule has 0 bridgehead atoms. The average Bonchev–Trinajstić information content (AvgIpc) is 2.63. The molecule has 1 nitrogen and oxygen atoms in total. The lowest BCUT2D eigenvalue weighted by Crippen LogP contribution is -2.00. The van der Waals surface area contributed by atoms with E-state index in [0.717, 1.165) is 14.9 Å². The van der Waals surface area contributed by atoms with Crippen LogP contribution in [0.5, 0.6) is 0 Å². The topological polar surface area (TPSA) is 20.2 Å². The third-order valence-corrected chi connectivity index (χ3v) is 4.30. The van der Waals surface area contributed by atoms with E-state index >= 15 is 0 Å². The number of rotatable bonds is 3. The van der Waals surface area contributed by atoms with Crippen LogP contribution in [0, 0.1) is 5.82 Å². The Morgan fingerprint density at radius 2 is 2.00 bits per heavy atom. The molecule has 1 atom stereocenters. The van der Waals surface area contributed by atoms with Crippen LogP contribution >= 0.6 is 43.2 Å². The third-order valence-electron chi connectivity index (χ3n) is 2.32. The molecular weight excluding hydrogens is 371 g/mol. The fraction of sp³-hybridized carbons (Fsp3) is 0.167. The van der Waals surface area contributed by atoms with Gasteiger partial charge in [0.05, 0.1) is 9.89 Å². The molecule has 2 aromatic rings. The van der Waals surface area contributed by atoms with E-state index in [4.69, 9.17) is 0 Å². The molecule has 90 valence electrons. The Morgan fingerprint density at radius 3 is 2.59 bits per heavy atom. The quantitative estimate of drug-likeness (QED) is 0.820. The minimum absolute atomic E-state index is 0.298. The van der Waals surface area contributed by atoms with Crippen molar-refractivity contribution in [3.63, 3.8) is 0 Å². The van der Waals surface area contributed by atoms with Gasteiger partial charge in [0.1, 0.15) is 5.82 Å². The maximum Gasteiger partial charge on any atom is 0.124 e. The van der Waals surface area contributed by atoms with Crippen LogP contribution in [0.15, 0.2) is 37.9 Å². The van der Waals surface area contributed by atoms with Crippen molar-refractivity contribution in [1.82, 2.24) is 0 Å². The summed E-state index contributed by atoms with van der Waals surface area (Å²) in [4.78, 5) is 0. The fourth-order valence-electron chi connectivity index (χ4n) is 1.57. The Labute approximate surface area is 120 Å². The van der Waals surface area contributed by atoms with E-state index in [0.29, 0.717) is 10.9 Å². The molecule has 0 saturated heterocycles. The highest BCUT2D eigenvalue weighted by Gasteiger charge is 2.11. The average molecular weight is 380 g/mol. The summed E-state index contributed by atoms with van der Waals surface area (Å²) in [6, 6.07) is 6.53. The highest BCUT2D eigenvalue weighted by atomic mass is 79.9. The van der Waals surface area contributed by atoms with Crippen molar-refractivity contribution in [2.45, 2.75) is 12.5 Å². The summed E-state index contributed by atoms with van der Waals surface area (Å²) in [5.74, 6) is -0.298. The second-order valence-corrected chi connectivity index (χ2v) is 6.89. The van der Waals surface area contributed by atoms with Crippen molar-refractivity contribution in [2.24, 2.45) is 0 Å². The molecule has 0 fully saturated rings. The molecule has 1 aromatic heterocycles. The number of hydrogen-bond acceptors (Lipinski definition) is 2. The van der Waals surface area contributed by atoms with Gasteiger partial charge < -0.3 is 5.11 Å². The summed E-state index contributed by atoms with van der Waals surface area (Å²) >= 11 is 8.11. The molecule has 1 N–H and O–H groups in total. The van der Waals surface area contributed by atoms with Crippen molar-refractivity contribution in [3.8, 4) is 0 Å². The van der Waals surface area contributed by atoms with Crippen LogP contribution < -0.4 is 0 Å². The van der Waals surface area contributed by atoms with Gasteiger partial charge in [-0.1, -0.05) is 15.9 Å². The van der Waals surface area contributed by atoms with Crippen LogP contribution in [0.3, 0.4) is 0 Å². The van der Waals surface area contributed by atoms with E-state index in [1.165, 1.54) is 23.5 Å². The minimum Gasteiger partial charge on any atom is -0.388 e. The lowest BCUT2D eigenvalue weighted by atomic mass is 10.0. The van der Waals surface area contributed by atoms with Crippen LogP contribution in [0.1, 0.15) is 17.2 Å². The van der Waals surface area contributed by atoms with E-state index in [2.05, 4.69) is 31.9 Å². The van der Waals surface area contributed by atoms with E-state index < -0.39 is 6.10 Å². The summed E-state index contributed by atoms with van der Waals surface area (Å²) in [6.07, 6.45) is -0.203. The predicted molar refractivity (Wildman–Crippen MR) is 74.8 cm³/mol. The Hall–Kier alpha value is -0.230. The molecular formula is C12H9Br2FOS. The van der Waals surface area contributed by atoms with Crippen LogP contribution in [-0.2, 0) is 6.42 Å². The second kappa shape index (κ2) is 5.61. The maximum atomic E-state index is 13.2. The molecule has 5 heteroatoms. The summed E-state index contributed by atoms with van der Waals surface area (Å²) < 4.78 is 14.8. The number of halogens is 3. The van der Waals surface area contributed by atoms with E-state index in [1.54, 1.807) is 0 Å². The minimum atomic E-state index is -0.605. The van der Waals surface area contributed by atoms with Gasteiger partial charge in [0, 0.05) is 10.9 Å². The first-order valence-corrected chi connectivity index (χ1v) is 7.38. The largest absolute Gasteiger partial charge is 0.388 e. The van der Waals surface area contributed by atoms with Gasteiger partial charge in [-0.15, -0.1) is 11.3 Å². The first-order chi connectivity index (χ1) is 8.04. The highest BCUT2D eigenvalue weighted by molar-refractivity contribution is 9.11. The number of benzene rings is 1. The SMILES string of the molecule is OC(Cc1cc(F)cc(Br)c1)c1csc(Br)c1. The zero-order valence-corrected chi connectivity index (χ0v) is 12.6. The van der Waals surface area contributed by atoms with Gasteiger partial charge in [-0.25, -0.2) is 4.39 Å². The predicted octanol–water partition coefficient (Wildman–Crippen LogP) is 4.69. The third kappa shape index (κ3) is 3.61. The van der Waals surface area contributed by atoms with E-state index in [-0.39, 0.29) is 5.82 Å². The number of aliphatic hydroxyl groups excluding tert-OH is 1. The van der Waals surface area contributed by atoms with Crippen molar-refractivity contribution in [1.29, 1.82) is 0 Å². The Morgan fingerprint density at radius 1 is 1.24 bits per heavy atom. The molecule has 0 radical (unpaired) electrons. The molecule has 0 amide bonds. The fourth-order valence-corrected chi connectivity index (χ4v) is 3.30. The summed E-state index contributed by atoms with van der Waals surface area (Å²) in [6.45, 7) is 0. The summed E-state index contributed by atoms with van der Waals surface area (Å²) in [7, 11) is 0. The van der Waals surface area contributed by atoms with Crippen LogP contribution in [0.25, 0.3) is 0 Å². The lowest BCUT2D eigenvalue weighted by Gasteiger charge is -2.09. The van der Waals surface area contributed by atoms with Crippen molar-refractivity contribution in [3.05, 3.63) is 54.8 Å².